The van der Waals surface area contributed by atoms with Crippen molar-refractivity contribution in [2.75, 3.05) is 14.2 Å². The van der Waals surface area contributed by atoms with Crippen LogP contribution in [0.4, 0.5) is 0 Å². The Morgan fingerprint density at radius 3 is 2.62 bits per heavy atom. The molecule has 2 rings (SSSR count). The number of ether oxygens (including phenoxy) is 2. The van der Waals surface area contributed by atoms with Gasteiger partial charge >= 0.3 is 0 Å². The molecule has 0 atom stereocenters. The summed E-state index contributed by atoms with van der Waals surface area (Å²) in [5.41, 5.74) is 2.74. The second kappa shape index (κ2) is 7.60. The number of amides is 1. The van der Waals surface area contributed by atoms with Crippen molar-refractivity contribution in [3.05, 3.63) is 34.3 Å². The molecule has 24 heavy (non-hydrogen) atoms. The molecule has 2 aromatic rings. The zero-order valence-corrected chi connectivity index (χ0v) is 15.0. The number of hydrogen-bond donors (Lipinski definition) is 2. The Kier molecular flexibility index (Phi) is 5.75. The van der Waals surface area contributed by atoms with Gasteiger partial charge in [-0.3, -0.25) is 10.2 Å². The SMILES string of the molecule is COc1ccc(OC)c(S(=O)(=O)NNC(=O)Cc2csc(C)n2)c1. The minimum Gasteiger partial charge on any atom is -0.497 e. The van der Waals surface area contributed by atoms with Gasteiger partial charge in [0, 0.05) is 11.4 Å². The van der Waals surface area contributed by atoms with Gasteiger partial charge < -0.3 is 9.47 Å². The maximum absolute atomic E-state index is 12.4. The van der Waals surface area contributed by atoms with Crippen LogP contribution in [0.15, 0.2) is 28.5 Å². The Labute approximate surface area is 143 Å². The molecular weight excluding hydrogens is 354 g/mol. The number of sulfonamides is 1. The van der Waals surface area contributed by atoms with Gasteiger partial charge in [0.2, 0.25) is 5.91 Å². The normalized spacial score (nSPS) is 11.1. The summed E-state index contributed by atoms with van der Waals surface area (Å²) in [5.74, 6) is -0.0427. The molecule has 1 heterocycles. The van der Waals surface area contributed by atoms with Crippen LogP contribution in [0, 0.1) is 6.92 Å². The van der Waals surface area contributed by atoms with E-state index in [1.807, 2.05) is 11.8 Å². The third-order valence-corrected chi connectivity index (χ3v) is 5.08. The Morgan fingerprint density at radius 2 is 2.04 bits per heavy atom. The van der Waals surface area contributed by atoms with Crippen LogP contribution in [0.3, 0.4) is 0 Å². The highest BCUT2D eigenvalue weighted by molar-refractivity contribution is 7.89. The van der Waals surface area contributed by atoms with E-state index in [1.165, 1.54) is 37.7 Å². The number of carbonyl (C=O) groups excluding carboxylic acids is 1. The van der Waals surface area contributed by atoms with Gasteiger partial charge in [-0.1, -0.05) is 0 Å². The average molecular weight is 371 g/mol. The maximum Gasteiger partial charge on any atom is 0.261 e. The average Bonchev–Trinajstić information content (AvgIpc) is 2.97. The van der Waals surface area contributed by atoms with E-state index in [2.05, 4.69) is 10.4 Å². The lowest BCUT2D eigenvalue weighted by atomic mass is 10.3. The number of methoxy groups -OCH3 is 2. The number of rotatable bonds is 7. The largest absolute Gasteiger partial charge is 0.497 e. The van der Waals surface area contributed by atoms with Crippen LogP contribution in [0.1, 0.15) is 10.7 Å². The summed E-state index contributed by atoms with van der Waals surface area (Å²) in [4.78, 5) is 17.9. The van der Waals surface area contributed by atoms with E-state index in [1.54, 1.807) is 11.4 Å². The van der Waals surface area contributed by atoms with Gasteiger partial charge in [-0.2, -0.15) is 0 Å². The molecule has 0 aliphatic rings. The topological polar surface area (TPSA) is 107 Å². The highest BCUT2D eigenvalue weighted by Crippen LogP contribution is 2.27. The number of benzene rings is 1. The molecule has 0 aliphatic heterocycles. The van der Waals surface area contributed by atoms with E-state index in [4.69, 9.17) is 9.47 Å². The molecule has 8 nitrogen and oxygen atoms in total. The van der Waals surface area contributed by atoms with Gasteiger partial charge in [-0.05, 0) is 19.1 Å². The predicted molar refractivity (Wildman–Crippen MR) is 88.6 cm³/mol. The van der Waals surface area contributed by atoms with Crippen LogP contribution in [-0.2, 0) is 21.2 Å². The Balaban J connectivity index is 2.09. The van der Waals surface area contributed by atoms with Crippen molar-refractivity contribution in [2.24, 2.45) is 0 Å². The van der Waals surface area contributed by atoms with E-state index in [0.29, 0.717) is 11.4 Å². The standard InChI is InChI=1S/C14H17N3O5S2/c1-9-15-10(8-23-9)6-14(18)16-17-24(19,20)13-7-11(21-2)4-5-12(13)22-3/h4-5,7-8,17H,6H2,1-3H3,(H,16,18). The monoisotopic (exact) mass is 371 g/mol. The van der Waals surface area contributed by atoms with E-state index in [-0.39, 0.29) is 17.1 Å². The number of nitrogens with zero attached hydrogens (tertiary/aromatic N) is 1. The van der Waals surface area contributed by atoms with Crippen molar-refractivity contribution < 1.29 is 22.7 Å². The second-order valence-electron chi connectivity index (χ2n) is 4.71. The summed E-state index contributed by atoms with van der Waals surface area (Å²) >= 11 is 1.42. The first-order valence-electron chi connectivity index (χ1n) is 6.79. The molecule has 0 spiro atoms. The summed E-state index contributed by atoms with van der Waals surface area (Å²) in [5, 5.41) is 2.58. The van der Waals surface area contributed by atoms with Crippen LogP contribution in [0.2, 0.25) is 0 Å². The summed E-state index contributed by atoms with van der Waals surface area (Å²) in [6.07, 6.45) is -0.0257. The van der Waals surface area contributed by atoms with Crippen LogP contribution in [0.25, 0.3) is 0 Å². The fourth-order valence-corrected chi connectivity index (χ4v) is 3.53. The first-order chi connectivity index (χ1) is 11.4. The number of aromatic nitrogens is 1. The van der Waals surface area contributed by atoms with E-state index in [0.717, 1.165) is 5.01 Å². The highest BCUT2D eigenvalue weighted by atomic mass is 32.2. The van der Waals surface area contributed by atoms with Crippen LogP contribution in [0.5, 0.6) is 11.5 Å². The molecule has 0 saturated heterocycles. The fourth-order valence-electron chi connectivity index (χ4n) is 1.87. The van der Waals surface area contributed by atoms with Crippen LogP contribution in [-0.4, -0.2) is 33.5 Å². The van der Waals surface area contributed by atoms with Gasteiger partial charge in [-0.25, -0.2) is 13.4 Å². The lowest BCUT2D eigenvalue weighted by Gasteiger charge is -2.12. The molecule has 0 unspecified atom stereocenters. The van der Waals surface area contributed by atoms with Crippen molar-refractivity contribution in [3.8, 4) is 11.5 Å². The molecule has 0 saturated carbocycles. The molecule has 1 aromatic heterocycles. The third kappa shape index (κ3) is 4.43. The first-order valence-corrected chi connectivity index (χ1v) is 9.15. The van der Waals surface area contributed by atoms with Crippen LogP contribution < -0.4 is 19.7 Å². The summed E-state index contributed by atoms with van der Waals surface area (Å²) in [6, 6.07) is 4.34. The molecule has 0 fully saturated rings. The highest BCUT2D eigenvalue weighted by Gasteiger charge is 2.21. The number of hydrazine groups is 1. The van der Waals surface area contributed by atoms with Gasteiger partial charge in [-0.15, -0.1) is 16.2 Å². The number of nitrogens with one attached hydrogen (secondary N) is 2. The molecule has 0 radical (unpaired) electrons. The minimum absolute atomic E-state index is 0.0257. The smallest absolute Gasteiger partial charge is 0.261 e. The predicted octanol–water partition coefficient (Wildman–Crippen LogP) is 1.02. The molecule has 130 valence electrons. The number of hydrogen-bond acceptors (Lipinski definition) is 7. The van der Waals surface area contributed by atoms with Gasteiger partial charge in [0.25, 0.3) is 10.0 Å². The summed E-state index contributed by atoms with van der Waals surface area (Å²) in [6.45, 7) is 1.82. The van der Waals surface area contributed by atoms with Crippen molar-refractivity contribution in [2.45, 2.75) is 18.2 Å². The van der Waals surface area contributed by atoms with E-state index in [9.17, 15) is 13.2 Å². The van der Waals surface area contributed by atoms with Crippen molar-refractivity contribution in [3.63, 3.8) is 0 Å². The van der Waals surface area contributed by atoms with Crippen LogP contribution >= 0.6 is 11.3 Å². The molecule has 2 N–H and O–H groups in total. The summed E-state index contributed by atoms with van der Waals surface area (Å²) < 4.78 is 34.8. The van der Waals surface area contributed by atoms with Crippen molar-refractivity contribution >= 4 is 27.3 Å². The zero-order valence-electron chi connectivity index (χ0n) is 13.3. The van der Waals surface area contributed by atoms with Gasteiger partial charge in [0.15, 0.2) is 0 Å². The molecule has 0 bridgehead atoms. The minimum atomic E-state index is -4.02. The lowest BCUT2D eigenvalue weighted by Crippen LogP contribution is -2.42. The second-order valence-corrected chi connectivity index (χ2v) is 7.42. The van der Waals surface area contributed by atoms with Gasteiger partial charge in [0.05, 0.1) is 31.3 Å². The lowest BCUT2D eigenvalue weighted by molar-refractivity contribution is -0.120. The quantitative estimate of drug-likeness (QED) is 0.704. The maximum atomic E-state index is 12.4. The molecule has 0 aliphatic carbocycles. The fraction of sp³-hybridized carbons (Fsp3) is 0.286. The Hall–Kier alpha value is -2.17. The molecular formula is C14H17N3O5S2. The van der Waals surface area contributed by atoms with Crippen molar-refractivity contribution in [1.82, 2.24) is 15.2 Å². The zero-order chi connectivity index (χ0) is 17.7. The number of aryl methyl sites for hydroxylation is 1. The van der Waals surface area contributed by atoms with Gasteiger partial charge in [0.1, 0.15) is 16.4 Å². The molecule has 10 heteroatoms. The summed E-state index contributed by atoms with van der Waals surface area (Å²) in [7, 11) is -1.25. The van der Waals surface area contributed by atoms with E-state index >= 15 is 0 Å². The number of thiazole rings is 1. The van der Waals surface area contributed by atoms with E-state index < -0.39 is 15.9 Å². The Bertz CT molecular complexity index is 833. The third-order valence-electron chi connectivity index (χ3n) is 2.99. The Morgan fingerprint density at radius 1 is 1.29 bits per heavy atom. The first kappa shape index (κ1) is 18.2. The number of carbonyl (C=O) groups is 1. The van der Waals surface area contributed by atoms with Crippen molar-refractivity contribution in [1.29, 1.82) is 0 Å². The molecule has 1 aromatic carbocycles. The molecule has 1 amide bonds.